The van der Waals surface area contributed by atoms with Crippen molar-refractivity contribution < 1.29 is 22.8 Å². The van der Waals surface area contributed by atoms with Crippen LogP contribution in [0.5, 0.6) is 0 Å². The summed E-state index contributed by atoms with van der Waals surface area (Å²) in [5, 5.41) is 4.36. The second-order valence-corrected chi connectivity index (χ2v) is 4.57. The van der Waals surface area contributed by atoms with Crippen molar-refractivity contribution in [2.45, 2.75) is 32.2 Å². The number of amides is 3. The SMILES string of the molecule is CCc1c(F)c(F)cc(C(=O)NC(=O)NC2CC2)c1F. The summed E-state index contributed by atoms with van der Waals surface area (Å²) >= 11 is 0. The highest BCUT2D eigenvalue weighted by Gasteiger charge is 2.26. The smallest absolute Gasteiger partial charge is 0.321 e. The van der Waals surface area contributed by atoms with Crippen molar-refractivity contribution >= 4 is 11.9 Å². The summed E-state index contributed by atoms with van der Waals surface area (Å²) < 4.78 is 40.5. The molecule has 108 valence electrons. The van der Waals surface area contributed by atoms with Crippen molar-refractivity contribution in [2.24, 2.45) is 0 Å². The number of halogens is 3. The van der Waals surface area contributed by atoms with Gasteiger partial charge in [0, 0.05) is 11.6 Å². The molecule has 3 amide bonds. The minimum atomic E-state index is -1.32. The van der Waals surface area contributed by atoms with Gasteiger partial charge in [0.25, 0.3) is 5.91 Å². The summed E-state index contributed by atoms with van der Waals surface area (Å²) in [6.07, 6.45) is 1.53. The van der Waals surface area contributed by atoms with Crippen LogP contribution in [-0.2, 0) is 6.42 Å². The number of carbonyl (C=O) groups excluding carboxylic acids is 2. The maximum absolute atomic E-state index is 13.9. The molecule has 1 aliphatic carbocycles. The lowest BCUT2D eigenvalue weighted by molar-refractivity contribution is 0.0959. The number of hydrogen-bond donors (Lipinski definition) is 2. The normalized spacial score (nSPS) is 14.0. The third-order valence-electron chi connectivity index (χ3n) is 2.98. The Hall–Kier alpha value is -2.05. The van der Waals surface area contributed by atoms with Crippen LogP contribution >= 0.6 is 0 Å². The summed E-state index contributed by atoms with van der Waals surface area (Å²) in [5.74, 6) is -4.89. The molecule has 1 aliphatic rings. The first-order valence-electron chi connectivity index (χ1n) is 6.22. The minimum absolute atomic E-state index is 0.0174. The standard InChI is InChI=1S/C13H13F3N2O2/c1-2-7-10(15)8(5-9(14)11(7)16)12(19)18-13(20)17-6-3-4-6/h5-6H,2-4H2,1H3,(H2,17,18,19,20). The molecule has 0 spiro atoms. The van der Waals surface area contributed by atoms with E-state index in [0.29, 0.717) is 6.07 Å². The molecule has 0 aliphatic heterocycles. The lowest BCUT2D eigenvalue weighted by atomic mass is 10.1. The molecule has 20 heavy (non-hydrogen) atoms. The summed E-state index contributed by atoms with van der Waals surface area (Å²) in [6, 6.07) is -0.313. The Balaban J connectivity index is 2.20. The molecule has 7 heteroatoms. The lowest BCUT2D eigenvalue weighted by Crippen LogP contribution is -2.40. The van der Waals surface area contributed by atoms with Gasteiger partial charge in [0.15, 0.2) is 11.6 Å². The predicted molar refractivity (Wildman–Crippen MR) is 64.7 cm³/mol. The van der Waals surface area contributed by atoms with Crippen molar-refractivity contribution in [1.82, 2.24) is 10.6 Å². The largest absolute Gasteiger partial charge is 0.335 e. The van der Waals surface area contributed by atoms with Gasteiger partial charge in [-0.2, -0.15) is 0 Å². The topological polar surface area (TPSA) is 58.2 Å². The molecule has 4 nitrogen and oxygen atoms in total. The average Bonchev–Trinajstić information content (AvgIpc) is 3.18. The fourth-order valence-electron chi connectivity index (χ4n) is 1.75. The highest BCUT2D eigenvalue weighted by Crippen LogP contribution is 2.21. The van der Waals surface area contributed by atoms with Crippen LogP contribution in [0.1, 0.15) is 35.7 Å². The molecule has 2 rings (SSSR count). The van der Waals surface area contributed by atoms with Crippen LogP contribution in [0.25, 0.3) is 0 Å². The summed E-state index contributed by atoms with van der Waals surface area (Å²) in [6.45, 7) is 1.43. The number of benzene rings is 1. The molecule has 1 aromatic carbocycles. The Morgan fingerprint density at radius 3 is 2.45 bits per heavy atom. The number of urea groups is 1. The van der Waals surface area contributed by atoms with Gasteiger partial charge < -0.3 is 5.32 Å². The second kappa shape index (κ2) is 5.52. The van der Waals surface area contributed by atoms with Gasteiger partial charge in [-0.1, -0.05) is 6.92 Å². The Kier molecular flexibility index (Phi) is 3.96. The van der Waals surface area contributed by atoms with Crippen LogP contribution in [-0.4, -0.2) is 18.0 Å². The van der Waals surface area contributed by atoms with Gasteiger partial charge in [-0.15, -0.1) is 0 Å². The maximum atomic E-state index is 13.9. The van der Waals surface area contributed by atoms with E-state index in [1.54, 1.807) is 0 Å². The first kappa shape index (κ1) is 14.4. The van der Waals surface area contributed by atoms with E-state index in [1.807, 2.05) is 5.32 Å². The summed E-state index contributed by atoms with van der Waals surface area (Å²) in [5.41, 5.74) is -1.20. The van der Waals surface area contributed by atoms with E-state index in [1.165, 1.54) is 6.92 Å². The molecule has 0 unspecified atom stereocenters. The van der Waals surface area contributed by atoms with E-state index >= 15 is 0 Å². The number of rotatable bonds is 3. The van der Waals surface area contributed by atoms with Crippen molar-refractivity contribution in [3.8, 4) is 0 Å². The number of hydrogen-bond acceptors (Lipinski definition) is 2. The molecule has 0 bridgehead atoms. The molecule has 1 fully saturated rings. The van der Waals surface area contributed by atoms with Gasteiger partial charge in [-0.25, -0.2) is 18.0 Å². The molecule has 2 N–H and O–H groups in total. The summed E-state index contributed by atoms with van der Waals surface area (Å²) in [7, 11) is 0. The number of nitrogens with one attached hydrogen (secondary N) is 2. The zero-order valence-electron chi connectivity index (χ0n) is 10.7. The van der Waals surface area contributed by atoms with E-state index in [4.69, 9.17) is 0 Å². The summed E-state index contributed by atoms with van der Waals surface area (Å²) in [4.78, 5) is 23.1. The highest BCUT2D eigenvalue weighted by molar-refractivity contribution is 6.04. The van der Waals surface area contributed by atoms with Crippen LogP contribution in [0.2, 0.25) is 0 Å². The molecular formula is C13H13F3N2O2. The van der Waals surface area contributed by atoms with E-state index in [-0.39, 0.29) is 12.5 Å². The molecule has 0 aromatic heterocycles. The monoisotopic (exact) mass is 286 g/mol. The third-order valence-corrected chi connectivity index (χ3v) is 2.98. The number of imide groups is 1. The van der Waals surface area contributed by atoms with Gasteiger partial charge >= 0.3 is 6.03 Å². The Morgan fingerprint density at radius 1 is 1.25 bits per heavy atom. The van der Waals surface area contributed by atoms with Crippen LogP contribution in [0, 0.1) is 17.5 Å². The molecule has 0 radical (unpaired) electrons. The second-order valence-electron chi connectivity index (χ2n) is 4.57. The van der Waals surface area contributed by atoms with Crippen molar-refractivity contribution in [3.05, 3.63) is 34.6 Å². The van der Waals surface area contributed by atoms with Gasteiger partial charge in [-0.05, 0) is 25.3 Å². The van der Waals surface area contributed by atoms with Gasteiger partial charge in [0.1, 0.15) is 5.82 Å². The van der Waals surface area contributed by atoms with Crippen molar-refractivity contribution in [2.75, 3.05) is 0 Å². The first-order chi connectivity index (χ1) is 9.43. The maximum Gasteiger partial charge on any atom is 0.321 e. The van der Waals surface area contributed by atoms with Crippen LogP contribution < -0.4 is 10.6 Å². The molecule has 0 atom stereocenters. The van der Waals surface area contributed by atoms with Gasteiger partial charge in [0.05, 0.1) is 5.56 Å². The Morgan fingerprint density at radius 2 is 1.90 bits per heavy atom. The van der Waals surface area contributed by atoms with E-state index < -0.39 is 40.5 Å². The zero-order valence-corrected chi connectivity index (χ0v) is 10.7. The molecule has 0 heterocycles. The van der Waals surface area contributed by atoms with Gasteiger partial charge in [0.2, 0.25) is 0 Å². The van der Waals surface area contributed by atoms with Crippen LogP contribution in [0.15, 0.2) is 6.07 Å². The first-order valence-corrected chi connectivity index (χ1v) is 6.22. The Labute approximate surface area is 113 Å². The molecule has 1 aromatic rings. The fourth-order valence-corrected chi connectivity index (χ4v) is 1.75. The van der Waals surface area contributed by atoms with E-state index in [2.05, 4.69) is 5.32 Å². The fraction of sp³-hybridized carbons (Fsp3) is 0.385. The van der Waals surface area contributed by atoms with Crippen molar-refractivity contribution in [1.29, 1.82) is 0 Å². The molecule has 0 saturated heterocycles. The van der Waals surface area contributed by atoms with Crippen molar-refractivity contribution in [3.63, 3.8) is 0 Å². The molecule has 1 saturated carbocycles. The highest BCUT2D eigenvalue weighted by atomic mass is 19.2. The quantitative estimate of drug-likeness (QED) is 0.837. The Bertz CT molecular complexity index is 571. The van der Waals surface area contributed by atoms with E-state index in [9.17, 15) is 22.8 Å². The number of carbonyl (C=O) groups is 2. The van der Waals surface area contributed by atoms with Crippen LogP contribution in [0.3, 0.4) is 0 Å². The molecular weight excluding hydrogens is 273 g/mol. The minimum Gasteiger partial charge on any atom is -0.335 e. The van der Waals surface area contributed by atoms with E-state index in [0.717, 1.165) is 12.8 Å². The third kappa shape index (κ3) is 2.92. The lowest BCUT2D eigenvalue weighted by Gasteiger charge is -2.10. The zero-order chi connectivity index (χ0) is 14.9. The van der Waals surface area contributed by atoms with Crippen LogP contribution in [0.4, 0.5) is 18.0 Å². The van der Waals surface area contributed by atoms with Gasteiger partial charge in [-0.3, -0.25) is 10.1 Å². The average molecular weight is 286 g/mol. The predicted octanol–water partition coefficient (Wildman–Crippen LogP) is 2.27.